The molecule has 0 spiro atoms. The second-order valence-electron chi connectivity index (χ2n) is 5.94. The van der Waals surface area contributed by atoms with Gasteiger partial charge in [0.15, 0.2) is 0 Å². The monoisotopic (exact) mass is 304 g/mol. The fourth-order valence-electron chi connectivity index (χ4n) is 2.60. The summed E-state index contributed by atoms with van der Waals surface area (Å²) in [6, 6.07) is 1.78. The van der Waals surface area contributed by atoms with Crippen molar-refractivity contribution in [2.24, 2.45) is 11.8 Å². The van der Waals surface area contributed by atoms with Gasteiger partial charge in [-0.05, 0) is 32.3 Å². The van der Waals surface area contributed by atoms with Gasteiger partial charge in [0.05, 0.1) is 5.92 Å². The van der Waals surface area contributed by atoms with Gasteiger partial charge in [-0.1, -0.05) is 13.8 Å². The van der Waals surface area contributed by atoms with E-state index < -0.39 is 0 Å². The third-order valence-corrected chi connectivity index (χ3v) is 4.17. The van der Waals surface area contributed by atoms with Crippen molar-refractivity contribution in [2.75, 3.05) is 18.4 Å². The summed E-state index contributed by atoms with van der Waals surface area (Å²) in [4.78, 5) is 34.7. The first-order valence-electron chi connectivity index (χ1n) is 7.90. The molecule has 0 saturated carbocycles. The number of amides is 2. The maximum absolute atomic E-state index is 12.4. The normalized spacial score (nSPS) is 19.6. The van der Waals surface area contributed by atoms with Crippen molar-refractivity contribution in [3.8, 4) is 0 Å². The maximum Gasteiger partial charge on any atom is 0.231 e. The Kier molecular flexibility index (Phi) is 5.46. The first-order valence-corrected chi connectivity index (χ1v) is 7.90. The molecule has 1 aliphatic heterocycles. The number of anilines is 1. The second-order valence-corrected chi connectivity index (χ2v) is 5.94. The molecule has 2 amide bonds. The van der Waals surface area contributed by atoms with Crippen LogP contribution in [-0.2, 0) is 9.59 Å². The van der Waals surface area contributed by atoms with Gasteiger partial charge in [0, 0.05) is 30.9 Å². The highest BCUT2D eigenvalue weighted by Gasteiger charge is 2.30. The number of likely N-dealkylation sites (tertiary alicyclic amines) is 1. The van der Waals surface area contributed by atoms with E-state index in [-0.39, 0.29) is 23.7 Å². The lowest BCUT2D eigenvalue weighted by atomic mass is 9.95. The summed E-state index contributed by atoms with van der Waals surface area (Å²) >= 11 is 0. The first-order chi connectivity index (χ1) is 10.5. The van der Waals surface area contributed by atoms with Crippen LogP contribution in [0.2, 0.25) is 0 Å². The fraction of sp³-hybridized carbons (Fsp3) is 0.625. The number of piperidine rings is 1. The molecule has 0 unspecified atom stereocenters. The van der Waals surface area contributed by atoms with E-state index in [0.717, 1.165) is 31.5 Å². The summed E-state index contributed by atoms with van der Waals surface area (Å²) in [6.07, 6.45) is 4.10. The molecule has 1 saturated heterocycles. The lowest BCUT2D eigenvalue weighted by Gasteiger charge is -2.33. The van der Waals surface area contributed by atoms with Crippen molar-refractivity contribution >= 4 is 17.8 Å². The fourth-order valence-corrected chi connectivity index (χ4v) is 2.60. The molecule has 1 aliphatic rings. The van der Waals surface area contributed by atoms with Crippen molar-refractivity contribution in [3.63, 3.8) is 0 Å². The number of rotatable bonds is 4. The quantitative estimate of drug-likeness (QED) is 0.923. The van der Waals surface area contributed by atoms with Crippen molar-refractivity contribution in [1.82, 2.24) is 14.9 Å². The average molecular weight is 304 g/mol. The highest BCUT2D eigenvalue weighted by molar-refractivity contribution is 5.91. The van der Waals surface area contributed by atoms with Crippen LogP contribution in [0.4, 0.5) is 5.95 Å². The summed E-state index contributed by atoms with van der Waals surface area (Å²) in [5.41, 5.74) is 0.808. The summed E-state index contributed by atoms with van der Waals surface area (Å²) in [5, 5.41) is 2.76. The van der Waals surface area contributed by atoms with Crippen molar-refractivity contribution in [1.29, 1.82) is 0 Å². The lowest BCUT2D eigenvalue weighted by Crippen LogP contribution is -2.45. The number of aromatic nitrogens is 2. The number of nitrogens with one attached hydrogen (secondary N) is 1. The third kappa shape index (κ3) is 4.02. The number of carbonyl (C=O) groups is 2. The Bertz CT molecular complexity index is 547. The van der Waals surface area contributed by atoms with E-state index in [1.54, 1.807) is 12.3 Å². The van der Waals surface area contributed by atoms with Crippen LogP contribution in [0.5, 0.6) is 0 Å². The molecule has 6 nitrogen and oxygen atoms in total. The van der Waals surface area contributed by atoms with Crippen LogP contribution < -0.4 is 5.32 Å². The van der Waals surface area contributed by atoms with Crippen molar-refractivity contribution in [2.45, 2.75) is 40.0 Å². The molecule has 1 N–H and O–H groups in total. The molecule has 120 valence electrons. The number of hydrogen-bond donors (Lipinski definition) is 1. The summed E-state index contributed by atoms with van der Waals surface area (Å²) < 4.78 is 0. The topological polar surface area (TPSA) is 75.2 Å². The van der Waals surface area contributed by atoms with E-state index in [4.69, 9.17) is 0 Å². The first kappa shape index (κ1) is 16.4. The Balaban J connectivity index is 1.97. The Labute approximate surface area is 131 Å². The van der Waals surface area contributed by atoms with Crippen LogP contribution >= 0.6 is 0 Å². The SMILES string of the molecule is CC[C@@H](C)C(=O)N1CCC[C@@H](C(=O)Nc2nccc(C)n2)C1. The van der Waals surface area contributed by atoms with Crippen LogP contribution in [0.3, 0.4) is 0 Å². The van der Waals surface area contributed by atoms with E-state index in [1.165, 1.54) is 0 Å². The van der Waals surface area contributed by atoms with Gasteiger partial charge >= 0.3 is 0 Å². The third-order valence-electron chi connectivity index (χ3n) is 4.17. The molecule has 6 heteroatoms. The van der Waals surface area contributed by atoms with Crippen molar-refractivity contribution in [3.05, 3.63) is 18.0 Å². The molecule has 0 bridgehead atoms. The van der Waals surface area contributed by atoms with Gasteiger partial charge in [-0.15, -0.1) is 0 Å². The highest BCUT2D eigenvalue weighted by atomic mass is 16.2. The van der Waals surface area contributed by atoms with Gasteiger partial charge in [-0.2, -0.15) is 0 Å². The molecule has 0 aliphatic carbocycles. The van der Waals surface area contributed by atoms with E-state index in [0.29, 0.717) is 12.5 Å². The highest BCUT2D eigenvalue weighted by Crippen LogP contribution is 2.20. The number of carbonyl (C=O) groups excluding carboxylic acids is 2. The lowest BCUT2D eigenvalue weighted by molar-refractivity contribution is -0.138. The minimum absolute atomic E-state index is 0.0157. The molecule has 1 aromatic heterocycles. The van der Waals surface area contributed by atoms with E-state index in [1.807, 2.05) is 25.7 Å². The zero-order valence-electron chi connectivity index (χ0n) is 13.5. The Morgan fingerprint density at radius 1 is 1.50 bits per heavy atom. The molecule has 1 fully saturated rings. The average Bonchev–Trinajstić information content (AvgIpc) is 2.53. The Hall–Kier alpha value is -1.98. The molecular formula is C16H24N4O2. The zero-order chi connectivity index (χ0) is 16.1. The van der Waals surface area contributed by atoms with E-state index in [2.05, 4.69) is 15.3 Å². The van der Waals surface area contributed by atoms with Crippen LogP contribution in [-0.4, -0.2) is 39.8 Å². The van der Waals surface area contributed by atoms with Gasteiger partial charge in [-0.3, -0.25) is 14.9 Å². The zero-order valence-corrected chi connectivity index (χ0v) is 13.5. The van der Waals surface area contributed by atoms with Crippen LogP contribution in [0, 0.1) is 18.8 Å². The van der Waals surface area contributed by atoms with Gasteiger partial charge in [0.2, 0.25) is 17.8 Å². The van der Waals surface area contributed by atoms with Crippen LogP contribution in [0.1, 0.15) is 38.8 Å². The summed E-state index contributed by atoms with van der Waals surface area (Å²) in [5.74, 6) is 0.196. The second kappa shape index (κ2) is 7.33. The van der Waals surface area contributed by atoms with Crippen LogP contribution in [0.25, 0.3) is 0 Å². The number of aryl methyl sites for hydroxylation is 1. The van der Waals surface area contributed by atoms with Crippen molar-refractivity contribution < 1.29 is 9.59 Å². The predicted molar refractivity (Wildman–Crippen MR) is 84.2 cm³/mol. The number of nitrogens with zero attached hydrogens (tertiary/aromatic N) is 3. The van der Waals surface area contributed by atoms with Gasteiger partial charge in [0.25, 0.3) is 0 Å². The van der Waals surface area contributed by atoms with Crippen LogP contribution in [0.15, 0.2) is 12.3 Å². The summed E-state index contributed by atoms with van der Waals surface area (Å²) in [6.45, 7) is 7.03. The van der Waals surface area contributed by atoms with Gasteiger partial charge < -0.3 is 4.90 Å². The van der Waals surface area contributed by atoms with E-state index in [9.17, 15) is 9.59 Å². The van der Waals surface area contributed by atoms with Gasteiger partial charge in [0.1, 0.15) is 0 Å². The summed E-state index contributed by atoms with van der Waals surface area (Å²) in [7, 11) is 0. The van der Waals surface area contributed by atoms with Gasteiger partial charge in [-0.25, -0.2) is 9.97 Å². The molecule has 1 aromatic rings. The standard InChI is InChI=1S/C16H24N4O2/c1-4-11(2)15(22)20-9-5-6-13(10-20)14(21)19-16-17-8-7-12(3)18-16/h7-8,11,13H,4-6,9-10H2,1-3H3,(H,17,18,19,21)/t11-,13-/m1/s1. The molecule has 22 heavy (non-hydrogen) atoms. The minimum Gasteiger partial charge on any atom is -0.342 e. The molecule has 2 rings (SSSR count). The Morgan fingerprint density at radius 2 is 2.27 bits per heavy atom. The molecule has 0 radical (unpaired) electrons. The molecule has 2 heterocycles. The molecule has 0 aromatic carbocycles. The smallest absolute Gasteiger partial charge is 0.231 e. The largest absolute Gasteiger partial charge is 0.342 e. The van der Waals surface area contributed by atoms with E-state index >= 15 is 0 Å². The minimum atomic E-state index is -0.189. The molecule has 2 atom stereocenters. The number of hydrogen-bond acceptors (Lipinski definition) is 4. The Morgan fingerprint density at radius 3 is 2.95 bits per heavy atom. The molecular weight excluding hydrogens is 280 g/mol. The maximum atomic E-state index is 12.4. The predicted octanol–water partition coefficient (Wildman–Crippen LogP) is 2.01.